The molecule has 0 saturated carbocycles. The molecule has 0 aliphatic carbocycles. The van der Waals surface area contributed by atoms with E-state index in [0.29, 0.717) is 19.0 Å². The Kier molecular flexibility index (Phi) is 6.29. The maximum Gasteiger partial charge on any atom is 0.324 e. The molecule has 1 saturated heterocycles. The zero-order chi connectivity index (χ0) is 12.7. The molecule has 98 valence electrons. The second-order valence-electron chi connectivity index (χ2n) is 4.18. The fourth-order valence-corrected chi connectivity index (χ4v) is 2.06. The highest BCUT2D eigenvalue weighted by Crippen LogP contribution is 2.17. The van der Waals surface area contributed by atoms with Gasteiger partial charge in [-0.15, -0.1) is 11.6 Å². The van der Waals surface area contributed by atoms with Gasteiger partial charge in [0, 0.05) is 39.1 Å². The van der Waals surface area contributed by atoms with Gasteiger partial charge in [-0.1, -0.05) is 0 Å². The van der Waals surface area contributed by atoms with Gasteiger partial charge in [0.05, 0.1) is 0 Å². The van der Waals surface area contributed by atoms with Gasteiger partial charge in [-0.2, -0.15) is 0 Å². The number of carbonyl (C=O) groups is 2. The van der Waals surface area contributed by atoms with Gasteiger partial charge in [0.25, 0.3) is 0 Å². The van der Waals surface area contributed by atoms with E-state index in [0.717, 1.165) is 19.4 Å². The normalized spacial score (nSPS) is 16.9. The standard InChI is InChI=1S/C11H19ClN2O3/c1-17-8-9-3-6-14(7-4-9)11(16)13-10(15)2-5-12/h9H,2-8H2,1H3,(H,13,15,16). The SMILES string of the molecule is COCC1CCN(C(=O)NC(=O)CCCl)CC1. The Morgan fingerprint density at radius 1 is 1.41 bits per heavy atom. The maximum atomic E-state index is 11.7. The number of nitrogens with zero attached hydrogens (tertiary/aromatic N) is 1. The smallest absolute Gasteiger partial charge is 0.324 e. The number of alkyl halides is 1. The Bertz CT molecular complexity index is 265. The second kappa shape index (κ2) is 7.50. The molecule has 5 nitrogen and oxygen atoms in total. The van der Waals surface area contributed by atoms with Gasteiger partial charge in [0.1, 0.15) is 0 Å². The summed E-state index contributed by atoms with van der Waals surface area (Å²) in [7, 11) is 1.68. The van der Waals surface area contributed by atoms with Crippen LogP contribution in [0.3, 0.4) is 0 Å². The second-order valence-corrected chi connectivity index (χ2v) is 4.56. The van der Waals surface area contributed by atoms with Crippen LogP contribution in [0, 0.1) is 5.92 Å². The third-order valence-electron chi connectivity index (χ3n) is 2.87. The van der Waals surface area contributed by atoms with Gasteiger partial charge < -0.3 is 9.64 Å². The van der Waals surface area contributed by atoms with E-state index in [1.54, 1.807) is 12.0 Å². The van der Waals surface area contributed by atoms with Gasteiger partial charge in [-0.05, 0) is 18.8 Å². The average Bonchev–Trinajstić information content (AvgIpc) is 2.30. The number of methoxy groups -OCH3 is 1. The molecule has 0 unspecified atom stereocenters. The molecule has 0 aromatic rings. The quantitative estimate of drug-likeness (QED) is 0.775. The van der Waals surface area contributed by atoms with Gasteiger partial charge >= 0.3 is 6.03 Å². The summed E-state index contributed by atoms with van der Waals surface area (Å²) in [5.74, 6) is 0.432. The zero-order valence-electron chi connectivity index (χ0n) is 10.1. The van der Waals surface area contributed by atoms with Crippen molar-refractivity contribution in [3.63, 3.8) is 0 Å². The number of urea groups is 1. The molecule has 17 heavy (non-hydrogen) atoms. The fraction of sp³-hybridized carbons (Fsp3) is 0.818. The Morgan fingerprint density at radius 3 is 2.59 bits per heavy atom. The van der Waals surface area contributed by atoms with Crippen molar-refractivity contribution in [2.75, 3.05) is 32.7 Å². The molecule has 0 aromatic carbocycles. The van der Waals surface area contributed by atoms with E-state index >= 15 is 0 Å². The van der Waals surface area contributed by atoms with E-state index in [1.807, 2.05) is 0 Å². The summed E-state index contributed by atoms with van der Waals surface area (Å²) in [6.07, 6.45) is 2.02. The van der Waals surface area contributed by atoms with Crippen molar-refractivity contribution < 1.29 is 14.3 Å². The van der Waals surface area contributed by atoms with E-state index in [9.17, 15) is 9.59 Å². The van der Waals surface area contributed by atoms with Crippen LogP contribution in [0.4, 0.5) is 4.79 Å². The zero-order valence-corrected chi connectivity index (χ0v) is 10.8. The van der Waals surface area contributed by atoms with E-state index in [4.69, 9.17) is 16.3 Å². The van der Waals surface area contributed by atoms with Crippen molar-refractivity contribution in [3.8, 4) is 0 Å². The minimum absolute atomic E-state index is 0.174. The van der Waals surface area contributed by atoms with Crippen molar-refractivity contribution >= 4 is 23.5 Å². The van der Waals surface area contributed by atoms with Crippen LogP contribution in [0.25, 0.3) is 0 Å². The van der Waals surface area contributed by atoms with Crippen LogP contribution in [-0.2, 0) is 9.53 Å². The Labute approximate surface area is 106 Å². The first-order valence-corrected chi connectivity index (χ1v) is 6.34. The number of piperidine rings is 1. The monoisotopic (exact) mass is 262 g/mol. The highest BCUT2D eigenvalue weighted by atomic mass is 35.5. The predicted octanol–water partition coefficient (Wildman–Crippen LogP) is 1.21. The summed E-state index contributed by atoms with van der Waals surface area (Å²) in [6, 6.07) is -0.309. The van der Waals surface area contributed by atoms with E-state index in [1.165, 1.54) is 0 Å². The number of rotatable bonds is 4. The summed E-state index contributed by atoms with van der Waals surface area (Å²) in [5.41, 5.74) is 0. The summed E-state index contributed by atoms with van der Waals surface area (Å²) in [6.45, 7) is 2.09. The average molecular weight is 263 g/mol. The molecule has 1 aliphatic rings. The summed E-state index contributed by atoms with van der Waals surface area (Å²) < 4.78 is 5.09. The lowest BCUT2D eigenvalue weighted by molar-refractivity contribution is -0.119. The lowest BCUT2D eigenvalue weighted by Crippen LogP contribution is -2.46. The van der Waals surface area contributed by atoms with Gasteiger partial charge in [0.2, 0.25) is 5.91 Å². The molecule has 0 bridgehead atoms. The molecule has 1 heterocycles. The molecule has 0 atom stereocenters. The van der Waals surface area contributed by atoms with Crippen LogP contribution in [0.5, 0.6) is 0 Å². The van der Waals surface area contributed by atoms with E-state index in [2.05, 4.69) is 5.32 Å². The molecule has 1 N–H and O–H groups in total. The number of halogens is 1. The van der Waals surface area contributed by atoms with E-state index in [-0.39, 0.29) is 24.2 Å². The van der Waals surface area contributed by atoms with Gasteiger partial charge in [-0.25, -0.2) is 4.79 Å². The highest BCUT2D eigenvalue weighted by molar-refractivity contribution is 6.19. The minimum Gasteiger partial charge on any atom is -0.384 e. The number of nitrogens with one attached hydrogen (secondary N) is 1. The maximum absolute atomic E-state index is 11.7. The molecule has 0 spiro atoms. The third kappa shape index (κ3) is 4.91. The first kappa shape index (κ1) is 14.3. The molecule has 3 amide bonds. The van der Waals surface area contributed by atoms with Crippen LogP contribution in [0.15, 0.2) is 0 Å². The molecule has 0 radical (unpaired) electrons. The largest absolute Gasteiger partial charge is 0.384 e. The first-order chi connectivity index (χ1) is 8.17. The number of hydrogen-bond acceptors (Lipinski definition) is 3. The van der Waals surface area contributed by atoms with Crippen LogP contribution >= 0.6 is 11.6 Å². The fourth-order valence-electron chi connectivity index (χ4n) is 1.89. The number of hydrogen-bond donors (Lipinski definition) is 1. The number of likely N-dealkylation sites (tertiary alicyclic amines) is 1. The van der Waals surface area contributed by atoms with E-state index < -0.39 is 0 Å². The summed E-state index contributed by atoms with van der Waals surface area (Å²) >= 11 is 5.42. The topological polar surface area (TPSA) is 58.6 Å². The number of amides is 3. The van der Waals surface area contributed by atoms with Crippen molar-refractivity contribution in [1.82, 2.24) is 10.2 Å². The van der Waals surface area contributed by atoms with Crippen LogP contribution in [0.1, 0.15) is 19.3 Å². The molecule has 1 aliphatic heterocycles. The molecule has 1 fully saturated rings. The molecular weight excluding hydrogens is 244 g/mol. The lowest BCUT2D eigenvalue weighted by Gasteiger charge is -2.31. The van der Waals surface area contributed by atoms with Crippen LogP contribution < -0.4 is 5.32 Å². The molecular formula is C11H19ClN2O3. The Morgan fingerprint density at radius 2 is 2.06 bits per heavy atom. The number of imide groups is 1. The predicted molar refractivity (Wildman–Crippen MR) is 65.0 cm³/mol. The van der Waals surface area contributed by atoms with Crippen molar-refractivity contribution in [2.24, 2.45) is 5.92 Å². The number of carbonyl (C=O) groups excluding carboxylic acids is 2. The van der Waals surface area contributed by atoms with Crippen molar-refractivity contribution in [3.05, 3.63) is 0 Å². The van der Waals surface area contributed by atoms with Crippen molar-refractivity contribution in [2.45, 2.75) is 19.3 Å². The third-order valence-corrected chi connectivity index (χ3v) is 3.06. The number of ether oxygens (including phenoxy) is 1. The van der Waals surface area contributed by atoms with Crippen LogP contribution in [-0.4, -0.2) is 49.5 Å². The minimum atomic E-state index is -0.316. The van der Waals surface area contributed by atoms with Crippen LogP contribution in [0.2, 0.25) is 0 Å². The van der Waals surface area contributed by atoms with Gasteiger partial charge in [-0.3, -0.25) is 10.1 Å². The first-order valence-electron chi connectivity index (χ1n) is 5.81. The lowest BCUT2D eigenvalue weighted by atomic mass is 9.98. The Hall–Kier alpha value is -0.810. The molecule has 0 aromatic heterocycles. The molecule has 6 heteroatoms. The van der Waals surface area contributed by atoms with Crippen molar-refractivity contribution in [1.29, 1.82) is 0 Å². The Balaban J connectivity index is 2.28. The summed E-state index contributed by atoms with van der Waals surface area (Å²) in [4.78, 5) is 24.5. The molecule has 1 rings (SSSR count). The summed E-state index contributed by atoms with van der Waals surface area (Å²) in [5, 5.41) is 2.33. The highest BCUT2D eigenvalue weighted by Gasteiger charge is 2.23. The van der Waals surface area contributed by atoms with Gasteiger partial charge in [0.15, 0.2) is 0 Å².